The molecule has 3 rings (SSSR count). The van der Waals surface area contributed by atoms with E-state index in [0.29, 0.717) is 6.54 Å². The Hall–Kier alpha value is -2.62. The zero-order valence-electron chi connectivity index (χ0n) is 11.9. The van der Waals surface area contributed by atoms with Crippen LogP contribution >= 0.6 is 0 Å². The molecule has 3 aromatic rings. The van der Waals surface area contributed by atoms with E-state index in [9.17, 15) is 4.79 Å². The highest BCUT2D eigenvalue weighted by molar-refractivity contribution is 5.81. The first-order chi connectivity index (χ1) is 10.3. The summed E-state index contributed by atoms with van der Waals surface area (Å²) in [6.45, 7) is 3.39. The molecular weight excluding hydrogens is 262 g/mol. The van der Waals surface area contributed by atoms with Gasteiger partial charge in [0.15, 0.2) is 0 Å². The second-order valence-electron chi connectivity index (χ2n) is 4.90. The standard InChI is InChI=1S/C17H17N3O/c1-2-18-14-7-9-19-15(11-14)12-20-10-8-13-5-3-4-6-16(13)17(20)21/h3-11H,2,12H2,1H3,(H,18,19). The van der Waals surface area contributed by atoms with Gasteiger partial charge in [0.2, 0.25) is 0 Å². The number of hydrogen-bond acceptors (Lipinski definition) is 3. The topological polar surface area (TPSA) is 46.9 Å². The monoisotopic (exact) mass is 279 g/mol. The molecule has 0 fully saturated rings. The van der Waals surface area contributed by atoms with Crippen molar-refractivity contribution in [2.24, 2.45) is 0 Å². The lowest BCUT2D eigenvalue weighted by atomic mass is 10.2. The van der Waals surface area contributed by atoms with Gasteiger partial charge in [-0.15, -0.1) is 0 Å². The minimum Gasteiger partial charge on any atom is -0.385 e. The fourth-order valence-electron chi connectivity index (χ4n) is 2.41. The van der Waals surface area contributed by atoms with Crippen molar-refractivity contribution in [1.82, 2.24) is 9.55 Å². The van der Waals surface area contributed by atoms with Crippen LogP contribution in [0, 0.1) is 0 Å². The van der Waals surface area contributed by atoms with Crippen LogP contribution in [0.5, 0.6) is 0 Å². The van der Waals surface area contributed by atoms with Gasteiger partial charge in [0.05, 0.1) is 12.2 Å². The van der Waals surface area contributed by atoms with Gasteiger partial charge in [-0.1, -0.05) is 18.2 Å². The van der Waals surface area contributed by atoms with Crippen molar-refractivity contribution in [2.75, 3.05) is 11.9 Å². The molecular formula is C17H17N3O. The predicted octanol–water partition coefficient (Wildman–Crippen LogP) is 2.88. The maximum atomic E-state index is 12.5. The number of anilines is 1. The van der Waals surface area contributed by atoms with E-state index in [0.717, 1.165) is 28.7 Å². The first kappa shape index (κ1) is 13.4. The third-order valence-corrected chi connectivity index (χ3v) is 3.42. The van der Waals surface area contributed by atoms with Gasteiger partial charge in [-0.25, -0.2) is 0 Å². The summed E-state index contributed by atoms with van der Waals surface area (Å²) in [7, 11) is 0. The van der Waals surface area contributed by atoms with E-state index in [2.05, 4.69) is 10.3 Å². The fraction of sp³-hybridized carbons (Fsp3) is 0.176. The van der Waals surface area contributed by atoms with Crippen molar-refractivity contribution in [2.45, 2.75) is 13.5 Å². The Bertz CT molecular complexity index is 823. The molecule has 21 heavy (non-hydrogen) atoms. The van der Waals surface area contributed by atoms with Gasteiger partial charge in [-0.3, -0.25) is 9.78 Å². The molecule has 1 aromatic carbocycles. The van der Waals surface area contributed by atoms with E-state index in [4.69, 9.17) is 0 Å². The summed E-state index contributed by atoms with van der Waals surface area (Å²) in [6, 6.07) is 13.5. The molecule has 0 unspecified atom stereocenters. The van der Waals surface area contributed by atoms with Crippen LogP contribution in [0.2, 0.25) is 0 Å². The van der Waals surface area contributed by atoms with Gasteiger partial charge in [0, 0.05) is 30.0 Å². The Morgan fingerprint density at radius 2 is 2.05 bits per heavy atom. The molecule has 0 saturated heterocycles. The average molecular weight is 279 g/mol. The van der Waals surface area contributed by atoms with Crippen LogP contribution in [0.1, 0.15) is 12.6 Å². The smallest absolute Gasteiger partial charge is 0.258 e. The van der Waals surface area contributed by atoms with Crippen molar-refractivity contribution in [3.05, 3.63) is 70.9 Å². The predicted molar refractivity (Wildman–Crippen MR) is 85.7 cm³/mol. The molecule has 0 bridgehead atoms. The fourth-order valence-corrected chi connectivity index (χ4v) is 2.41. The lowest BCUT2D eigenvalue weighted by molar-refractivity contribution is 0.747. The Kier molecular flexibility index (Phi) is 3.69. The molecule has 0 atom stereocenters. The van der Waals surface area contributed by atoms with E-state index in [1.807, 2.05) is 55.6 Å². The van der Waals surface area contributed by atoms with Gasteiger partial charge in [0.25, 0.3) is 5.56 Å². The SMILES string of the molecule is CCNc1ccnc(Cn2ccc3ccccc3c2=O)c1. The van der Waals surface area contributed by atoms with Gasteiger partial charge in [-0.05, 0) is 36.6 Å². The highest BCUT2D eigenvalue weighted by Crippen LogP contribution is 2.11. The quantitative estimate of drug-likeness (QED) is 0.799. The summed E-state index contributed by atoms with van der Waals surface area (Å²) < 4.78 is 1.69. The van der Waals surface area contributed by atoms with Crippen molar-refractivity contribution in [3.8, 4) is 0 Å². The second-order valence-corrected chi connectivity index (χ2v) is 4.90. The normalized spacial score (nSPS) is 10.7. The molecule has 0 aliphatic rings. The minimum atomic E-state index is 0.0174. The lowest BCUT2D eigenvalue weighted by Crippen LogP contribution is -2.20. The molecule has 0 saturated carbocycles. The van der Waals surface area contributed by atoms with E-state index < -0.39 is 0 Å². The summed E-state index contributed by atoms with van der Waals surface area (Å²) in [5.41, 5.74) is 1.91. The van der Waals surface area contributed by atoms with E-state index in [1.165, 1.54) is 0 Å². The van der Waals surface area contributed by atoms with Gasteiger partial charge >= 0.3 is 0 Å². The number of aromatic nitrogens is 2. The molecule has 2 heterocycles. The largest absolute Gasteiger partial charge is 0.385 e. The van der Waals surface area contributed by atoms with Gasteiger partial charge in [0.1, 0.15) is 0 Å². The van der Waals surface area contributed by atoms with Crippen molar-refractivity contribution in [3.63, 3.8) is 0 Å². The van der Waals surface area contributed by atoms with E-state index >= 15 is 0 Å². The zero-order valence-corrected chi connectivity index (χ0v) is 11.9. The van der Waals surface area contributed by atoms with Crippen molar-refractivity contribution in [1.29, 1.82) is 0 Å². The van der Waals surface area contributed by atoms with Crippen LogP contribution in [0.15, 0.2) is 59.7 Å². The number of pyridine rings is 2. The van der Waals surface area contributed by atoms with Crippen molar-refractivity contribution >= 4 is 16.5 Å². The summed E-state index contributed by atoms with van der Waals surface area (Å²) in [4.78, 5) is 16.8. The zero-order chi connectivity index (χ0) is 14.7. The van der Waals surface area contributed by atoms with E-state index in [-0.39, 0.29) is 5.56 Å². The van der Waals surface area contributed by atoms with Crippen LogP contribution in [0.4, 0.5) is 5.69 Å². The van der Waals surface area contributed by atoms with E-state index in [1.54, 1.807) is 10.8 Å². The van der Waals surface area contributed by atoms with Gasteiger partial charge < -0.3 is 9.88 Å². The third kappa shape index (κ3) is 2.79. The van der Waals surface area contributed by atoms with Gasteiger partial charge in [-0.2, -0.15) is 0 Å². The number of rotatable bonds is 4. The molecule has 4 nitrogen and oxygen atoms in total. The second kappa shape index (κ2) is 5.79. The van der Waals surface area contributed by atoms with Crippen LogP contribution in [-0.4, -0.2) is 16.1 Å². The van der Waals surface area contributed by atoms with Crippen LogP contribution in [0.25, 0.3) is 10.8 Å². The molecule has 0 radical (unpaired) electrons. The summed E-state index contributed by atoms with van der Waals surface area (Å²) in [6.07, 6.45) is 3.59. The number of fused-ring (bicyclic) bond motifs is 1. The molecule has 0 aliphatic carbocycles. The Morgan fingerprint density at radius 1 is 1.19 bits per heavy atom. The first-order valence-corrected chi connectivity index (χ1v) is 7.05. The lowest BCUT2D eigenvalue weighted by Gasteiger charge is -2.09. The van der Waals surface area contributed by atoms with Crippen LogP contribution in [-0.2, 0) is 6.54 Å². The van der Waals surface area contributed by atoms with Crippen molar-refractivity contribution < 1.29 is 0 Å². The number of hydrogen-bond donors (Lipinski definition) is 1. The highest BCUT2D eigenvalue weighted by atomic mass is 16.1. The highest BCUT2D eigenvalue weighted by Gasteiger charge is 2.04. The Balaban J connectivity index is 1.96. The summed E-state index contributed by atoms with van der Waals surface area (Å²) in [5, 5.41) is 4.96. The molecule has 0 aliphatic heterocycles. The molecule has 0 spiro atoms. The Morgan fingerprint density at radius 3 is 2.90 bits per heavy atom. The number of benzene rings is 1. The Labute approximate surface area is 123 Å². The van der Waals surface area contributed by atoms with Crippen LogP contribution in [0.3, 0.4) is 0 Å². The minimum absolute atomic E-state index is 0.0174. The molecule has 1 N–H and O–H groups in total. The number of nitrogens with one attached hydrogen (secondary N) is 1. The number of nitrogens with zero attached hydrogens (tertiary/aromatic N) is 2. The average Bonchev–Trinajstić information content (AvgIpc) is 2.51. The molecule has 2 aromatic heterocycles. The molecule has 0 amide bonds. The molecule has 4 heteroatoms. The third-order valence-electron chi connectivity index (χ3n) is 3.42. The summed E-state index contributed by atoms with van der Waals surface area (Å²) in [5.74, 6) is 0. The summed E-state index contributed by atoms with van der Waals surface area (Å²) >= 11 is 0. The van der Waals surface area contributed by atoms with Crippen LogP contribution < -0.4 is 10.9 Å². The first-order valence-electron chi connectivity index (χ1n) is 7.05. The maximum Gasteiger partial charge on any atom is 0.258 e. The maximum absolute atomic E-state index is 12.5. The molecule has 106 valence electrons.